The van der Waals surface area contributed by atoms with Crippen LogP contribution in [-0.2, 0) is 24.8 Å². The van der Waals surface area contributed by atoms with E-state index in [-0.39, 0.29) is 43.5 Å². The molecular formula is C37H41N7O4. The average Bonchev–Trinajstić information content (AvgIpc) is 3.50. The minimum Gasteiger partial charge on any atom is -0.494 e. The maximum absolute atomic E-state index is 13.7. The van der Waals surface area contributed by atoms with E-state index in [1.54, 1.807) is 7.11 Å². The highest BCUT2D eigenvalue weighted by molar-refractivity contribution is 6.00. The maximum atomic E-state index is 13.7. The number of ether oxygens (including phenoxy) is 1. The lowest BCUT2D eigenvalue weighted by Crippen LogP contribution is -2.41. The summed E-state index contributed by atoms with van der Waals surface area (Å²) in [5, 5.41) is 12.7. The van der Waals surface area contributed by atoms with E-state index >= 15 is 0 Å². The van der Waals surface area contributed by atoms with Gasteiger partial charge in [-0.1, -0.05) is 24.3 Å². The van der Waals surface area contributed by atoms with Crippen molar-refractivity contribution < 1.29 is 19.4 Å². The van der Waals surface area contributed by atoms with Crippen molar-refractivity contribution in [1.29, 1.82) is 0 Å². The van der Waals surface area contributed by atoms with Crippen molar-refractivity contribution in [3.8, 4) is 28.5 Å². The Kier molecular flexibility index (Phi) is 7.68. The highest BCUT2D eigenvalue weighted by Crippen LogP contribution is 2.40. The number of imidazole rings is 1. The van der Waals surface area contributed by atoms with Gasteiger partial charge in [0.1, 0.15) is 16.9 Å². The summed E-state index contributed by atoms with van der Waals surface area (Å²) in [6.07, 6.45) is 4.69. The molecule has 2 bridgehead atoms. The summed E-state index contributed by atoms with van der Waals surface area (Å²) in [6, 6.07) is 18.1. The molecule has 4 N–H and O–H groups in total. The van der Waals surface area contributed by atoms with Gasteiger partial charge in [-0.3, -0.25) is 9.59 Å². The molecule has 5 aromatic rings. The number of carbonyl (C=O) groups excluding carboxylic acids is 2. The Morgan fingerprint density at radius 1 is 1.04 bits per heavy atom. The molecular weight excluding hydrogens is 606 g/mol. The molecule has 3 aliphatic rings. The standard InChI is InChI=1S/C37H41N7O4/c1-42-34-28(16-26(18-31(34)48-2)37(47)44-20-25-10-12-29(44)33(25)38)41-36(42)30-17-24-9-11-27(40-35(24)43(30)19-22-3-4-22)23-7-5-21(6-8-23)15-32(46)39-13-14-45/h5-9,11,16-18,22,25,29,33,45H,3-4,10,12-15,19-20,38H2,1-2H3,(H,39,46). The van der Waals surface area contributed by atoms with Crippen LogP contribution in [0.2, 0.25) is 0 Å². The number of piperidine rings is 1. The van der Waals surface area contributed by atoms with Gasteiger partial charge in [-0.25, -0.2) is 9.97 Å². The van der Waals surface area contributed by atoms with Crippen molar-refractivity contribution in [2.75, 3.05) is 26.8 Å². The second-order valence-electron chi connectivity index (χ2n) is 13.6. The van der Waals surface area contributed by atoms with Crippen LogP contribution in [0, 0.1) is 11.8 Å². The van der Waals surface area contributed by atoms with Gasteiger partial charge in [-0.05, 0) is 73.4 Å². The lowest BCUT2D eigenvalue weighted by molar-refractivity contribution is -0.120. The number of aliphatic hydroxyl groups is 1. The number of aliphatic hydroxyl groups excluding tert-OH is 1. The topological polar surface area (TPSA) is 141 Å². The first-order valence-electron chi connectivity index (χ1n) is 16.9. The summed E-state index contributed by atoms with van der Waals surface area (Å²) < 4.78 is 10.2. The minimum atomic E-state index is -0.118. The summed E-state index contributed by atoms with van der Waals surface area (Å²) in [7, 11) is 3.63. The summed E-state index contributed by atoms with van der Waals surface area (Å²) in [5.41, 5.74) is 13.1. The predicted molar refractivity (Wildman–Crippen MR) is 183 cm³/mol. The van der Waals surface area contributed by atoms with Crippen molar-refractivity contribution in [2.45, 2.75) is 50.7 Å². The first-order chi connectivity index (χ1) is 23.3. The van der Waals surface area contributed by atoms with Gasteiger partial charge in [0.2, 0.25) is 5.91 Å². The molecule has 0 spiro atoms. The molecule has 2 aliphatic carbocycles. The number of aromatic nitrogens is 4. The molecule has 2 saturated carbocycles. The predicted octanol–water partition coefficient (Wildman–Crippen LogP) is 3.89. The molecule has 1 aliphatic heterocycles. The molecule has 3 atom stereocenters. The number of aryl methyl sites for hydroxylation is 1. The lowest BCUT2D eigenvalue weighted by Gasteiger charge is -2.27. The summed E-state index contributed by atoms with van der Waals surface area (Å²) in [4.78, 5) is 38.1. The molecule has 4 heterocycles. The molecule has 3 aromatic heterocycles. The number of nitrogens with one attached hydrogen (secondary N) is 1. The molecule has 3 unspecified atom stereocenters. The Morgan fingerprint density at radius 2 is 1.85 bits per heavy atom. The third kappa shape index (κ3) is 5.31. The minimum absolute atomic E-state index is 0.0115. The Labute approximate surface area is 278 Å². The monoisotopic (exact) mass is 647 g/mol. The number of pyridine rings is 1. The Bertz CT molecular complexity index is 2040. The molecule has 11 heteroatoms. The van der Waals surface area contributed by atoms with E-state index < -0.39 is 0 Å². The molecule has 0 radical (unpaired) electrons. The van der Waals surface area contributed by atoms with Crippen LogP contribution in [0.25, 0.3) is 44.8 Å². The molecule has 248 valence electrons. The van der Waals surface area contributed by atoms with E-state index in [1.165, 1.54) is 12.8 Å². The molecule has 2 aromatic carbocycles. The van der Waals surface area contributed by atoms with Gasteiger partial charge < -0.3 is 34.9 Å². The zero-order valence-corrected chi connectivity index (χ0v) is 27.4. The van der Waals surface area contributed by atoms with Crippen LogP contribution in [0.4, 0.5) is 0 Å². The highest BCUT2D eigenvalue weighted by Gasteiger charge is 2.47. The van der Waals surface area contributed by atoms with Gasteiger partial charge in [-0.2, -0.15) is 0 Å². The number of hydrogen-bond acceptors (Lipinski definition) is 7. The van der Waals surface area contributed by atoms with E-state index in [0.29, 0.717) is 35.2 Å². The third-order valence-electron chi connectivity index (χ3n) is 10.5. The quantitative estimate of drug-likeness (QED) is 0.209. The Balaban J connectivity index is 1.15. The van der Waals surface area contributed by atoms with Gasteiger partial charge in [-0.15, -0.1) is 0 Å². The van der Waals surface area contributed by atoms with Crippen LogP contribution in [0.15, 0.2) is 54.6 Å². The van der Waals surface area contributed by atoms with Crippen LogP contribution in [-0.4, -0.2) is 79.8 Å². The smallest absolute Gasteiger partial charge is 0.254 e. The lowest BCUT2D eigenvalue weighted by atomic mass is 10.1. The number of rotatable bonds is 10. The normalized spacial score (nSPS) is 20.2. The molecule has 11 nitrogen and oxygen atoms in total. The fraction of sp³-hybridized carbons (Fsp3) is 0.405. The van der Waals surface area contributed by atoms with E-state index in [9.17, 15) is 9.59 Å². The van der Waals surface area contributed by atoms with Crippen LogP contribution in [0.5, 0.6) is 5.75 Å². The van der Waals surface area contributed by atoms with E-state index in [2.05, 4.69) is 26.6 Å². The van der Waals surface area contributed by atoms with Gasteiger partial charge in [0, 0.05) is 55.3 Å². The zero-order valence-electron chi connectivity index (χ0n) is 27.4. The molecule has 8 rings (SSSR count). The second-order valence-corrected chi connectivity index (χ2v) is 13.6. The van der Waals surface area contributed by atoms with E-state index in [1.807, 2.05) is 54.4 Å². The molecule has 2 amide bonds. The number of methoxy groups -OCH3 is 1. The van der Waals surface area contributed by atoms with E-state index in [0.717, 1.165) is 64.3 Å². The first-order valence-corrected chi connectivity index (χ1v) is 16.9. The summed E-state index contributed by atoms with van der Waals surface area (Å²) in [5.74, 6) is 2.25. The van der Waals surface area contributed by atoms with Crippen molar-refractivity contribution in [3.05, 3.63) is 65.7 Å². The number of amides is 2. The van der Waals surface area contributed by atoms with Crippen LogP contribution in [0.1, 0.15) is 41.6 Å². The number of hydrogen-bond donors (Lipinski definition) is 3. The van der Waals surface area contributed by atoms with Gasteiger partial charge >= 0.3 is 0 Å². The van der Waals surface area contributed by atoms with Crippen LogP contribution < -0.4 is 15.8 Å². The highest BCUT2D eigenvalue weighted by atomic mass is 16.5. The van der Waals surface area contributed by atoms with Crippen LogP contribution >= 0.6 is 0 Å². The van der Waals surface area contributed by atoms with Crippen molar-refractivity contribution in [1.82, 2.24) is 29.3 Å². The van der Waals surface area contributed by atoms with Crippen molar-refractivity contribution >= 4 is 33.9 Å². The average molecular weight is 648 g/mol. The van der Waals surface area contributed by atoms with Gasteiger partial charge in [0.25, 0.3) is 5.91 Å². The third-order valence-corrected chi connectivity index (χ3v) is 10.5. The number of fused-ring (bicyclic) bond motifs is 4. The summed E-state index contributed by atoms with van der Waals surface area (Å²) in [6.45, 7) is 1.73. The van der Waals surface area contributed by atoms with E-state index in [4.69, 9.17) is 25.5 Å². The number of nitrogens with two attached hydrogens (primary N) is 1. The van der Waals surface area contributed by atoms with Crippen molar-refractivity contribution in [2.24, 2.45) is 24.6 Å². The second kappa shape index (κ2) is 12.1. The number of likely N-dealkylation sites (tertiary alicyclic amines) is 1. The Morgan fingerprint density at radius 3 is 2.54 bits per heavy atom. The van der Waals surface area contributed by atoms with Gasteiger partial charge in [0.15, 0.2) is 5.82 Å². The van der Waals surface area contributed by atoms with Crippen molar-refractivity contribution in [3.63, 3.8) is 0 Å². The Hall–Kier alpha value is -4.74. The fourth-order valence-electron chi connectivity index (χ4n) is 7.72. The van der Waals surface area contributed by atoms with Crippen LogP contribution in [0.3, 0.4) is 0 Å². The first kappa shape index (κ1) is 30.6. The molecule has 3 fully saturated rings. The number of nitrogens with zero attached hydrogens (tertiary/aromatic N) is 5. The SMILES string of the molecule is COc1cc(C(=O)N2CC3CCC2C3N)cc2nc(-c3cc4ccc(-c5ccc(CC(=O)NCCO)cc5)nc4n3CC3CC3)n(C)c12. The number of carbonyl (C=O) groups is 2. The summed E-state index contributed by atoms with van der Waals surface area (Å²) >= 11 is 0. The fourth-order valence-corrected chi connectivity index (χ4v) is 7.72. The molecule has 48 heavy (non-hydrogen) atoms. The zero-order chi connectivity index (χ0) is 33.1. The number of benzene rings is 2. The molecule has 1 saturated heterocycles. The largest absolute Gasteiger partial charge is 0.494 e. The van der Waals surface area contributed by atoms with Gasteiger partial charge in [0.05, 0.1) is 37.0 Å². The maximum Gasteiger partial charge on any atom is 0.254 e.